The van der Waals surface area contributed by atoms with E-state index in [4.69, 9.17) is 16.3 Å². The summed E-state index contributed by atoms with van der Waals surface area (Å²) in [4.78, 5) is 38.5. The van der Waals surface area contributed by atoms with E-state index in [1.54, 1.807) is 55.5 Å². The van der Waals surface area contributed by atoms with Gasteiger partial charge in [-0.15, -0.1) is 0 Å². The van der Waals surface area contributed by atoms with E-state index in [1.165, 1.54) is 7.11 Å². The Kier molecular flexibility index (Phi) is 5.05. The highest BCUT2D eigenvalue weighted by Crippen LogP contribution is 2.33. The van der Waals surface area contributed by atoms with Crippen LogP contribution in [-0.4, -0.2) is 36.4 Å². The van der Waals surface area contributed by atoms with E-state index < -0.39 is 29.9 Å². The number of carbonyl (C=O) groups excluding carboxylic acids is 3. The first-order valence-corrected chi connectivity index (χ1v) is 8.56. The van der Waals surface area contributed by atoms with Crippen LogP contribution in [0.4, 0.5) is 10.5 Å². The van der Waals surface area contributed by atoms with E-state index in [1.807, 2.05) is 0 Å². The predicted molar refractivity (Wildman–Crippen MR) is 101 cm³/mol. The third kappa shape index (κ3) is 3.46. The highest BCUT2D eigenvalue weighted by Gasteiger charge is 2.50. The smallest absolute Gasteiger partial charge is 0.325 e. The molecule has 27 heavy (non-hydrogen) atoms. The summed E-state index contributed by atoms with van der Waals surface area (Å²) >= 11 is 6.19. The summed E-state index contributed by atoms with van der Waals surface area (Å²) < 4.78 is 5.17. The molecule has 0 saturated carbocycles. The number of imide groups is 1. The molecule has 1 fully saturated rings. The normalized spacial score (nSPS) is 19.0. The quantitative estimate of drug-likeness (QED) is 0.772. The Morgan fingerprint density at radius 2 is 1.85 bits per heavy atom. The molecule has 1 heterocycles. The van der Waals surface area contributed by atoms with Crippen LogP contribution in [0.5, 0.6) is 5.75 Å². The van der Waals surface area contributed by atoms with Crippen LogP contribution in [0.1, 0.15) is 12.5 Å². The predicted octanol–water partition coefficient (Wildman–Crippen LogP) is 2.75. The fraction of sp³-hybridized carbons (Fsp3) is 0.211. The zero-order valence-corrected chi connectivity index (χ0v) is 15.5. The van der Waals surface area contributed by atoms with E-state index in [-0.39, 0.29) is 0 Å². The SMILES string of the molecule is COc1ccccc1NC(=O)CN1C(=O)N[C@](C)(c2ccccc2Cl)C1=O. The van der Waals surface area contributed by atoms with E-state index in [0.29, 0.717) is 22.0 Å². The molecule has 1 atom stereocenters. The third-order valence-corrected chi connectivity index (χ3v) is 4.70. The molecule has 3 rings (SSSR count). The molecule has 4 amide bonds. The first kappa shape index (κ1) is 18.7. The van der Waals surface area contributed by atoms with Crippen LogP contribution >= 0.6 is 11.6 Å². The number of hydrogen-bond donors (Lipinski definition) is 2. The lowest BCUT2D eigenvalue weighted by atomic mass is 9.92. The van der Waals surface area contributed by atoms with Crippen molar-refractivity contribution >= 4 is 35.1 Å². The maximum absolute atomic E-state index is 12.9. The number of anilines is 1. The van der Waals surface area contributed by atoms with E-state index in [0.717, 1.165) is 4.90 Å². The minimum Gasteiger partial charge on any atom is -0.495 e. The number of halogens is 1. The lowest BCUT2D eigenvalue weighted by Gasteiger charge is -2.23. The Bertz CT molecular complexity index is 917. The molecule has 0 unspecified atom stereocenters. The number of nitrogens with zero attached hydrogens (tertiary/aromatic N) is 1. The Morgan fingerprint density at radius 1 is 1.19 bits per heavy atom. The summed E-state index contributed by atoms with van der Waals surface area (Å²) in [7, 11) is 1.48. The first-order valence-electron chi connectivity index (χ1n) is 8.19. The lowest BCUT2D eigenvalue weighted by Crippen LogP contribution is -2.42. The van der Waals surface area contributed by atoms with Crippen molar-refractivity contribution in [2.75, 3.05) is 19.0 Å². The van der Waals surface area contributed by atoms with Crippen LogP contribution in [-0.2, 0) is 15.1 Å². The number of carbonyl (C=O) groups is 3. The van der Waals surface area contributed by atoms with Crippen molar-refractivity contribution in [3.05, 3.63) is 59.1 Å². The van der Waals surface area contributed by atoms with E-state index in [2.05, 4.69) is 10.6 Å². The second kappa shape index (κ2) is 7.28. The number of amides is 4. The molecule has 1 aliphatic rings. The van der Waals surface area contributed by atoms with Gasteiger partial charge in [0.2, 0.25) is 5.91 Å². The molecule has 2 aromatic carbocycles. The summed E-state index contributed by atoms with van der Waals surface area (Å²) in [5.41, 5.74) is -0.413. The number of methoxy groups -OCH3 is 1. The van der Waals surface area contributed by atoms with Crippen molar-refractivity contribution in [3.8, 4) is 5.75 Å². The van der Waals surface area contributed by atoms with Crippen molar-refractivity contribution in [1.29, 1.82) is 0 Å². The van der Waals surface area contributed by atoms with E-state index in [9.17, 15) is 14.4 Å². The van der Waals surface area contributed by atoms with Gasteiger partial charge >= 0.3 is 6.03 Å². The summed E-state index contributed by atoms with van der Waals surface area (Å²) in [6, 6.07) is 13.0. The summed E-state index contributed by atoms with van der Waals surface area (Å²) in [5, 5.41) is 5.63. The number of para-hydroxylation sites is 2. The first-order chi connectivity index (χ1) is 12.9. The topological polar surface area (TPSA) is 87.7 Å². The molecule has 7 nitrogen and oxygen atoms in total. The molecule has 8 heteroatoms. The molecule has 0 aliphatic carbocycles. The summed E-state index contributed by atoms with van der Waals surface area (Å²) in [6.45, 7) is 1.13. The largest absolute Gasteiger partial charge is 0.495 e. The average molecular weight is 388 g/mol. The Balaban J connectivity index is 1.78. The fourth-order valence-electron chi connectivity index (χ4n) is 2.97. The zero-order valence-electron chi connectivity index (χ0n) is 14.8. The summed E-state index contributed by atoms with van der Waals surface area (Å²) in [6.07, 6.45) is 0. The number of urea groups is 1. The molecule has 1 aliphatic heterocycles. The van der Waals surface area contributed by atoms with Crippen molar-refractivity contribution in [3.63, 3.8) is 0 Å². The molecule has 0 bridgehead atoms. The van der Waals surface area contributed by atoms with Crippen molar-refractivity contribution in [2.24, 2.45) is 0 Å². The van der Waals surface area contributed by atoms with Crippen LogP contribution in [0, 0.1) is 0 Å². The molecule has 1 saturated heterocycles. The zero-order chi connectivity index (χ0) is 19.6. The fourth-order valence-corrected chi connectivity index (χ4v) is 3.30. The van der Waals surface area contributed by atoms with Crippen molar-refractivity contribution in [1.82, 2.24) is 10.2 Å². The van der Waals surface area contributed by atoms with Crippen LogP contribution in [0.2, 0.25) is 5.02 Å². The van der Waals surface area contributed by atoms with Gasteiger partial charge in [0.1, 0.15) is 17.8 Å². The van der Waals surface area contributed by atoms with Gasteiger partial charge in [0.25, 0.3) is 5.91 Å². The molecule has 0 radical (unpaired) electrons. The molecule has 0 spiro atoms. The van der Waals surface area contributed by atoms with Crippen LogP contribution in [0.3, 0.4) is 0 Å². The lowest BCUT2D eigenvalue weighted by molar-refractivity contribution is -0.133. The molecular formula is C19H18ClN3O4. The van der Waals surface area contributed by atoms with Gasteiger partial charge in [-0.3, -0.25) is 14.5 Å². The maximum atomic E-state index is 12.9. The molecule has 0 aromatic heterocycles. The molecular weight excluding hydrogens is 370 g/mol. The van der Waals surface area contributed by atoms with Crippen LogP contribution < -0.4 is 15.4 Å². The molecule has 2 aromatic rings. The van der Waals surface area contributed by atoms with Crippen molar-refractivity contribution < 1.29 is 19.1 Å². The van der Waals surface area contributed by atoms with Gasteiger partial charge in [-0.05, 0) is 25.1 Å². The van der Waals surface area contributed by atoms with Gasteiger partial charge in [-0.1, -0.05) is 41.9 Å². The minimum absolute atomic E-state index is 0.356. The van der Waals surface area contributed by atoms with Gasteiger partial charge in [0.05, 0.1) is 12.8 Å². The van der Waals surface area contributed by atoms with Gasteiger partial charge in [-0.2, -0.15) is 0 Å². The monoisotopic (exact) mass is 387 g/mol. The standard InChI is InChI=1S/C19H18ClN3O4/c1-19(12-7-3-4-8-13(12)20)17(25)23(18(26)22-19)11-16(24)21-14-9-5-6-10-15(14)27-2/h3-10H,11H2,1-2H3,(H,21,24)(H,22,26)/t19-/m1/s1. The third-order valence-electron chi connectivity index (χ3n) is 4.37. The van der Waals surface area contributed by atoms with Gasteiger partial charge in [0.15, 0.2) is 0 Å². The average Bonchev–Trinajstić information content (AvgIpc) is 2.86. The van der Waals surface area contributed by atoms with Crippen molar-refractivity contribution in [2.45, 2.75) is 12.5 Å². The van der Waals surface area contributed by atoms with Crippen LogP contribution in [0.25, 0.3) is 0 Å². The molecule has 140 valence electrons. The number of nitrogens with one attached hydrogen (secondary N) is 2. The number of rotatable bonds is 5. The van der Waals surface area contributed by atoms with Gasteiger partial charge in [-0.25, -0.2) is 4.79 Å². The van der Waals surface area contributed by atoms with E-state index >= 15 is 0 Å². The second-order valence-corrected chi connectivity index (χ2v) is 6.58. The Hall–Kier alpha value is -3.06. The highest BCUT2D eigenvalue weighted by atomic mass is 35.5. The minimum atomic E-state index is -1.33. The Morgan fingerprint density at radius 3 is 2.56 bits per heavy atom. The highest BCUT2D eigenvalue weighted by molar-refractivity contribution is 6.32. The Labute approximate surface area is 161 Å². The van der Waals surface area contributed by atoms with Crippen LogP contribution in [0.15, 0.2) is 48.5 Å². The summed E-state index contributed by atoms with van der Waals surface area (Å²) in [5.74, 6) is -0.592. The number of hydrogen-bond acceptors (Lipinski definition) is 4. The maximum Gasteiger partial charge on any atom is 0.325 e. The van der Waals surface area contributed by atoms with Gasteiger partial charge < -0.3 is 15.4 Å². The number of ether oxygens (including phenoxy) is 1. The second-order valence-electron chi connectivity index (χ2n) is 6.17. The molecule has 2 N–H and O–H groups in total. The number of benzene rings is 2. The van der Waals surface area contributed by atoms with Gasteiger partial charge in [0, 0.05) is 10.6 Å².